The number of fused-ring (bicyclic) bond motifs is 1. The topological polar surface area (TPSA) is 103 Å². The van der Waals surface area contributed by atoms with Crippen LogP contribution in [0, 0.1) is 0 Å². The van der Waals surface area contributed by atoms with Crippen LogP contribution in [0.5, 0.6) is 17.2 Å². The monoisotopic (exact) mass is 464 g/mol. The first kappa shape index (κ1) is 23.8. The van der Waals surface area contributed by atoms with Gasteiger partial charge in [-0.05, 0) is 43.3 Å². The van der Waals surface area contributed by atoms with E-state index in [4.69, 9.17) is 18.9 Å². The first-order valence-corrected chi connectivity index (χ1v) is 11.9. The third-order valence-corrected chi connectivity index (χ3v) is 6.60. The third kappa shape index (κ3) is 6.12. The summed E-state index contributed by atoms with van der Waals surface area (Å²) in [5.74, 6) is 1.24. The van der Waals surface area contributed by atoms with Gasteiger partial charge in [-0.1, -0.05) is 6.92 Å². The van der Waals surface area contributed by atoms with Gasteiger partial charge in [0.1, 0.15) is 25.6 Å². The summed E-state index contributed by atoms with van der Waals surface area (Å²) in [5, 5.41) is 2.71. The lowest BCUT2D eigenvalue weighted by atomic mass is 10.2. The summed E-state index contributed by atoms with van der Waals surface area (Å²) in [4.78, 5) is 12.6. The van der Waals surface area contributed by atoms with Gasteiger partial charge < -0.3 is 24.3 Å². The summed E-state index contributed by atoms with van der Waals surface area (Å²) in [6, 6.07) is 11.1. The number of amides is 1. The Labute approximate surface area is 188 Å². The molecule has 174 valence electrons. The summed E-state index contributed by atoms with van der Waals surface area (Å²) in [5.41, 5.74) is 0.501. The van der Waals surface area contributed by atoms with Gasteiger partial charge in [-0.2, -0.15) is 4.31 Å². The Kier molecular flexibility index (Phi) is 8.32. The molecule has 0 radical (unpaired) electrons. The highest BCUT2D eigenvalue weighted by Crippen LogP contribution is 2.32. The van der Waals surface area contributed by atoms with Gasteiger partial charge in [0.2, 0.25) is 15.9 Å². The van der Waals surface area contributed by atoms with Crippen molar-refractivity contribution in [3.8, 4) is 17.2 Å². The summed E-state index contributed by atoms with van der Waals surface area (Å²) < 4.78 is 48.8. The molecule has 0 saturated heterocycles. The van der Waals surface area contributed by atoms with Crippen molar-refractivity contribution >= 4 is 21.6 Å². The molecule has 32 heavy (non-hydrogen) atoms. The summed E-state index contributed by atoms with van der Waals surface area (Å²) in [6.07, 6.45) is 0. The molecule has 1 aliphatic heterocycles. The van der Waals surface area contributed by atoms with Gasteiger partial charge in [0, 0.05) is 24.9 Å². The van der Waals surface area contributed by atoms with Crippen LogP contribution in [0.25, 0.3) is 0 Å². The lowest BCUT2D eigenvalue weighted by Gasteiger charge is -2.21. The van der Waals surface area contributed by atoms with Crippen molar-refractivity contribution < 1.29 is 32.2 Å². The number of nitrogens with one attached hydrogen (secondary N) is 1. The normalized spacial score (nSPS) is 13.1. The number of carbonyl (C=O) groups is 1. The largest absolute Gasteiger partial charge is 0.491 e. The number of hydrogen-bond donors (Lipinski definition) is 1. The van der Waals surface area contributed by atoms with Gasteiger partial charge >= 0.3 is 0 Å². The Morgan fingerprint density at radius 3 is 2.44 bits per heavy atom. The molecule has 1 N–H and O–H groups in total. The number of nitrogens with zero attached hydrogens (tertiary/aromatic N) is 1. The summed E-state index contributed by atoms with van der Waals surface area (Å²) >= 11 is 0. The van der Waals surface area contributed by atoms with E-state index in [9.17, 15) is 13.2 Å². The molecule has 0 aliphatic carbocycles. The number of anilines is 1. The molecule has 2 aromatic carbocycles. The van der Waals surface area contributed by atoms with Crippen molar-refractivity contribution in [1.82, 2.24) is 4.31 Å². The van der Waals surface area contributed by atoms with Gasteiger partial charge in [0.05, 0.1) is 18.0 Å². The number of hydrogen-bond acceptors (Lipinski definition) is 7. The quantitative estimate of drug-likeness (QED) is 0.510. The Hall–Kier alpha value is -2.82. The van der Waals surface area contributed by atoms with Crippen molar-refractivity contribution in [2.75, 3.05) is 51.4 Å². The lowest BCUT2D eigenvalue weighted by molar-refractivity contribution is -0.116. The molecule has 0 aromatic heterocycles. The second-order valence-corrected chi connectivity index (χ2v) is 8.79. The number of benzene rings is 2. The maximum Gasteiger partial charge on any atom is 0.243 e. The van der Waals surface area contributed by atoms with E-state index in [1.165, 1.54) is 12.1 Å². The summed E-state index contributed by atoms with van der Waals surface area (Å²) in [7, 11) is -3.85. The molecule has 0 bridgehead atoms. The average molecular weight is 465 g/mol. The zero-order chi connectivity index (χ0) is 23.0. The van der Waals surface area contributed by atoms with E-state index < -0.39 is 15.9 Å². The third-order valence-electron chi connectivity index (χ3n) is 4.66. The minimum absolute atomic E-state index is 0.0867. The van der Waals surface area contributed by atoms with Crippen LogP contribution in [0.3, 0.4) is 0 Å². The van der Waals surface area contributed by atoms with Gasteiger partial charge in [-0.15, -0.1) is 0 Å². The van der Waals surface area contributed by atoms with Crippen LogP contribution in [-0.2, 0) is 19.6 Å². The van der Waals surface area contributed by atoms with E-state index in [0.29, 0.717) is 56.0 Å². The van der Waals surface area contributed by atoms with Crippen LogP contribution in [0.1, 0.15) is 13.8 Å². The Bertz CT molecular complexity index is 1010. The number of sulfonamides is 1. The average Bonchev–Trinajstić information content (AvgIpc) is 2.80. The molecule has 10 heteroatoms. The van der Waals surface area contributed by atoms with E-state index in [2.05, 4.69) is 5.32 Å². The molecule has 2 aromatic rings. The molecule has 0 unspecified atom stereocenters. The van der Waals surface area contributed by atoms with Crippen molar-refractivity contribution in [2.24, 2.45) is 0 Å². The Morgan fingerprint density at radius 1 is 1.03 bits per heavy atom. The van der Waals surface area contributed by atoms with Crippen molar-refractivity contribution in [1.29, 1.82) is 0 Å². The van der Waals surface area contributed by atoms with Crippen LogP contribution in [-0.4, -0.2) is 64.8 Å². The van der Waals surface area contributed by atoms with E-state index in [-0.39, 0.29) is 18.0 Å². The minimum Gasteiger partial charge on any atom is -0.491 e. The first-order valence-electron chi connectivity index (χ1n) is 10.4. The maximum atomic E-state index is 13.0. The molecule has 1 amide bonds. The predicted molar refractivity (Wildman–Crippen MR) is 119 cm³/mol. The van der Waals surface area contributed by atoms with Crippen molar-refractivity contribution in [2.45, 2.75) is 18.7 Å². The zero-order valence-electron chi connectivity index (χ0n) is 18.2. The predicted octanol–water partition coefficient (Wildman–Crippen LogP) is 2.52. The van der Waals surface area contributed by atoms with Crippen LogP contribution in [0.4, 0.5) is 5.69 Å². The van der Waals surface area contributed by atoms with E-state index in [1.54, 1.807) is 37.3 Å². The highest BCUT2D eigenvalue weighted by Gasteiger charge is 2.25. The minimum atomic E-state index is -3.85. The molecule has 9 nitrogen and oxygen atoms in total. The van der Waals surface area contributed by atoms with Crippen LogP contribution in [0.15, 0.2) is 47.4 Å². The highest BCUT2D eigenvalue weighted by atomic mass is 32.2. The van der Waals surface area contributed by atoms with Crippen LogP contribution < -0.4 is 19.5 Å². The molecule has 0 atom stereocenters. The van der Waals surface area contributed by atoms with E-state index >= 15 is 0 Å². The zero-order valence-corrected chi connectivity index (χ0v) is 19.0. The van der Waals surface area contributed by atoms with Gasteiger partial charge in [0.15, 0.2) is 11.5 Å². The second-order valence-electron chi connectivity index (χ2n) is 6.85. The first-order chi connectivity index (χ1) is 15.4. The van der Waals surface area contributed by atoms with Gasteiger partial charge in [0.25, 0.3) is 0 Å². The number of ether oxygens (including phenoxy) is 4. The molecule has 0 saturated carbocycles. The fourth-order valence-electron chi connectivity index (χ4n) is 3.07. The molecular weight excluding hydrogens is 436 g/mol. The maximum absolute atomic E-state index is 13.0. The molecule has 0 fully saturated rings. The van der Waals surface area contributed by atoms with Crippen LogP contribution in [0.2, 0.25) is 0 Å². The highest BCUT2D eigenvalue weighted by molar-refractivity contribution is 7.89. The Morgan fingerprint density at radius 2 is 1.75 bits per heavy atom. The number of likely N-dealkylation sites (N-methyl/N-ethyl adjacent to an activating group) is 1. The van der Waals surface area contributed by atoms with Gasteiger partial charge in [-0.3, -0.25) is 4.79 Å². The van der Waals surface area contributed by atoms with Gasteiger partial charge in [-0.25, -0.2) is 8.42 Å². The van der Waals surface area contributed by atoms with E-state index in [0.717, 1.165) is 4.31 Å². The lowest BCUT2D eigenvalue weighted by Crippen LogP contribution is -2.37. The van der Waals surface area contributed by atoms with E-state index in [1.807, 2.05) is 6.92 Å². The molecule has 0 spiro atoms. The SMILES string of the molecule is CCOCCOc1ccc(S(=O)(=O)N(CC)CC(=O)Nc2ccc3c(c2)OCCO3)cc1. The van der Waals surface area contributed by atoms with Crippen molar-refractivity contribution in [3.63, 3.8) is 0 Å². The molecule has 1 aliphatic rings. The smallest absolute Gasteiger partial charge is 0.243 e. The second kappa shape index (κ2) is 11.2. The molecular formula is C22H28N2O7S. The number of rotatable bonds is 11. The fourth-order valence-corrected chi connectivity index (χ4v) is 4.47. The van der Waals surface area contributed by atoms with Crippen molar-refractivity contribution in [3.05, 3.63) is 42.5 Å². The summed E-state index contributed by atoms with van der Waals surface area (Å²) in [6.45, 7) is 5.75. The number of carbonyl (C=O) groups excluding carboxylic acids is 1. The standard InChI is InChI=1S/C22H28N2O7S/c1-3-24(16-22(25)23-17-5-10-20-21(15-17)31-14-13-30-20)32(26,27)19-8-6-18(7-9-19)29-12-11-28-4-2/h5-10,15H,3-4,11-14,16H2,1-2H3,(H,23,25). The molecule has 3 rings (SSSR count). The molecule has 1 heterocycles. The Balaban J connectivity index is 1.61. The fraction of sp³-hybridized carbons (Fsp3) is 0.409. The van der Waals surface area contributed by atoms with Crippen LogP contribution >= 0.6 is 0 Å².